The van der Waals surface area contributed by atoms with Crippen molar-refractivity contribution in [2.75, 3.05) is 5.32 Å². The molecule has 1 aliphatic carbocycles. The van der Waals surface area contributed by atoms with Crippen molar-refractivity contribution in [1.82, 2.24) is 19.4 Å². The predicted octanol–water partition coefficient (Wildman–Crippen LogP) is 3.79. The molecule has 0 saturated heterocycles. The van der Waals surface area contributed by atoms with Crippen molar-refractivity contribution in [3.8, 4) is 5.88 Å². The van der Waals surface area contributed by atoms with Crippen molar-refractivity contribution < 1.29 is 14.6 Å². The molecule has 36 heavy (non-hydrogen) atoms. The molecule has 3 aromatic heterocycles. The van der Waals surface area contributed by atoms with Crippen LogP contribution in [-0.2, 0) is 13.2 Å². The number of benzene rings is 1. The average molecular weight is 486 g/mol. The second kappa shape index (κ2) is 9.29. The fourth-order valence-electron chi connectivity index (χ4n) is 4.23. The Balaban J connectivity index is 1.32. The second-order valence-corrected chi connectivity index (χ2v) is 9.10. The first-order valence-electron chi connectivity index (χ1n) is 11.7. The molecular formula is C26H27N7O3. The number of nitrogens with two attached hydrogens (primary N) is 1. The molecule has 1 saturated carbocycles. The van der Waals surface area contributed by atoms with E-state index in [1.54, 1.807) is 6.07 Å². The van der Waals surface area contributed by atoms with Gasteiger partial charge in [0.2, 0.25) is 11.7 Å². The van der Waals surface area contributed by atoms with E-state index in [2.05, 4.69) is 32.5 Å². The number of hydrogen-bond acceptors (Lipinski definition) is 7. The molecule has 10 heteroatoms. The summed E-state index contributed by atoms with van der Waals surface area (Å²) in [6.07, 6.45) is 6.48. The molecule has 5 N–H and O–H groups in total. The Morgan fingerprint density at radius 1 is 1.17 bits per heavy atom. The number of aromatic nitrogens is 4. The summed E-state index contributed by atoms with van der Waals surface area (Å²) in [6.45, 7) is 4.42. The lowest BCUT2D eigenvalue weighted by atomic mass is 9.99. The number of anilines is 1. The number of fused-ring (bicyclic) bond motifs is 1. The van der Waals surface area contributed by atoms with Gasteiger partial charge in [-0.25, -0.2) is 14.8 Å². The van der Waals surface area contributed by atoms with Gasteiger partial charge in [0.1, 0.15) is 23.9 Å². The standard InChI is InChI=1S/C26H27N7O3/c1-14-7-18(24(27)28)8-15(2)20(14)10-29-21-9-23(32-25(31-21)26(34)35)36-13-19-12-33-11-17(16-3-4-16)5-6-22(33)30-19/h5-9,11-12,16H,3-4,10,13H2,1-2H3,(H3,27,28)(H,34,35)(H,29,31,32). The van der Waals surface area contributed by atoms with Crippen LogP contribution in [0.5, 0.6) is 5.88 Å². The minimum atomic E-state index is -1.25. The van der Waals surface area contributed by atoms with Gasteiger partial charge in [-0.05, 0) is 73.1 Å². The summed E-state index contributed by atoms with van der Waals surface area (Å²) in [5.41, 5.74) is 12.1. The summed E-state index contributed by atoms with van der Waals surface area (Å²) in [6, 6.07) is 9.39. The number of amidine groups is 1. The fraction of sp³-hybridized carbons (Fsp3) is 0.269. The zero-order valence-corrected chi connectivity index (χ0v) is 20.1. The van der Waals surface area contributed by atoms with E-state index in [-0.39, 0.29) is 24.1 Å². The number of ether oxygens (including phenoxy) is 1. The molecule has 0 bridgehead atoms. The number of aromatic carboxylic acids is 1. The van der Waals surface area contributed by atoms with Gasteiger partial charge in [-0.1, -0.05) is 6.07 Å². The zero-order valence-electron chi connectivity index (χ0n) is 20.1. The van der Waals surface area contributed by atoms with E-state index < -0.39 is 5.97 Å². The summed E-state index contributed by atoms with van der Waals surface area (Å²) in [7, 11) is 0. The number of pyridine rings is 1. The van der Waals surface area contributed by atoms with Gasteiger partial charge in [0.15, 0.2) is 0 Å². The van der Waals surface area contributed by atoms with Gasteiger partial charge in [-0.2, -0.15) is 4.98 Å². The second-order valence-electron chi connectivity index (χ2n) is 9.10. The van der Waals surface area contributed by atoms with Crippen LogP contribution in [0.15, 0.2) is 42.7 Å². The molecule has 5 rings (SSSR count). The fourth-order valence-corrected chi connectivity index (χ4v) is 4.23. The summed E-state index contributed by atoms with van der Waals surface area (Å²) in [4.78, 5) is 24.3. The lowest BCUT2D eigenvalue weighted by Gasteiger charge is -2.14. The molecular weight excluding hydrogens is 458 g/mol. The highest BCUT2D eigenvalue weighted by Crippen LogP contribution is 2.39. The van der Waals surface area contributed by atoms with E-state index in [4.69, 9.17) is 15.9 Å². The van der Waals surface area contributed by atoms with Gasteiger partial charge >= 0.3 is 5.97 Å². The van der Waals surface area contributed by atoms with Crippen LogP contribution in [-0.4, -0.2) is 36.3 Å². The molecule has 10 nitrogen and oxygen atoms in total. The van der Waals surface area contributed by atoms with Gasteiger partial charge in [0.05, 0.1) is 5.69 Å². The number of hydrogen-bond donors (Lipinski definition) is 4. The van der Waals surface area contributed by atoms with Crippen LogP contribution in [0.2, 0.25) is 0 Å². The molecule has 3 heterocycles. The molecule has 0 radical (unpaired) electrons. The molecule has 0 unspecified atom stereocenters. The third-order valence-corrected chi connectivity index (χ3v) is 6.29. The lowest BCUT2D eigenvalue weighted by molar-refractivity contribution is 0.0682. The van der Waals surface area contributed by atoms with Crippen molar-refractivity contribution in [3.05, 3.63) is 82.1 Å². The number of nitrogen functional groups attached to an aromatic ring is 1. The maximum Gasteiger partial charge on any atom is 0.374 e. The van der Waals surface area contributed by atoms with Crippen LogP contribution in [0.1, 0.15) is 62.9 Å². The molecule has 1 aliphatic rings. The normalized spacial score (nSPS) is 13.1. The first-order chi connectivity index (χ1) is 17.3. The number of rotatable bonds is 9. The Bertz CT molecular complexity index is 1470. The van der Waals surface area contributed by atoms with Crippen LogP contribution in [0.3, 0.4) is 0 Å². The summed E-state index contributed by atoms with van der Waals surface area (Å²) in [5, 5.41) is 20.3. The quantitative estimate of drug-likeness (QED) is 0.206. The van der Waals surface area contributed by atoms with Crippen LogP contribution in [0.4, 0.5) is 5.82 Å². The molecule has 184 valence electrons. The molecule has 1 fully saturated rings. The summed E-state index contributed by atoms with van der Waals surface area (Å²) < 4.78 is 7.81. The number of nitrogens with one attached hydrogen (secondary N) is 2. The highest BCUT2D eigenvalue weighted by molar-refractivity contribution is 5.95. The number of aryl methyl sites for hydroxylation is 2. The number of imidazole rings is 1. The maximum atomic E-state index is 11.6. The van der Waals surface area contributed by atoms with Gasteiger partial charge in [0, 0.05) is 30.6 Å². The molecule has 0 atom stereocenters. The molecule has 4 aromatic rings. The van der Waals surface area contributed by atoms with Crippen molar-refractivity contribution in [2.24, 2.45) is 5.73 Å². The highest BCUT2D eigenvalue weighted by Gasteiger charge is 2.23. The molecule has 0 amide bonds. The van der Waals surface area contributed by atoms with Crippen LogP contribution in [0.25, 0.3) is 5.65 Å². The van der Waals surface area contributed by atoms with Gasteiger partial charge in [-0.3, -0.25) is 5.41 Å². The molecule has 0 aliphatic heterocycles. The van der Waals surface area contributed by atoms with E-state index in [0.29, 0.717) is 29.5 Å². The molecule has 1 aromatic carbocycles. The number of carbonyl (C=O) groups is 1. The summed E-state index contributed by atoms with van der Waals surface area (Å²) in [5.74, 6) is -0.478. The van der Waals surface area contributed by atoms with Crippen LogP contribution >= 0.6 is 0 Å². The monoisotopic (exact) mass is 485 g/mol. The topological polar surface area (TPSA) is 152 Å². The van der Waals surface area contributed by atoms with E-state index >= 15 is 0 Å². The van der Waals surface area contributed by atoms with E-state index in [0.717, 1.165) is 22.3 Å². The van der Waals surface area contributed by atoms with Crippen molar-refractivity contribution in [1.29, 1.82) is 5.41 Å². The van der Waals surface area contributed by atoms with Gasteiger partial charge in [-0.15, -0.1) is 0 Å². The minimum Gasteiger partial charge on any atom is -0.475 e. The Hall–Kier alpha value is -4.47. The largest absolute Gasteiger partial charge is 0.475 e. The molecule has 0 spiro atoms. The Labute approximate surface area is 207 Å². The van der Waals surface area contributed by atoms with E-state index in [1.165, 1.54) is 18.4 Å². The van der Waals surface area contributed by atoms with Crippen LogP contribution < -0.4 is 15.8 Å². The average Bonchev–Trinajstić information content (AvgIpc) is 3.61. The summed E-state index contributed by atoms with van der Waals surface area (Å²) >= 11 is 0. The van der Waals surface area contributed by atoms with Crippen molar-refractivity contribution >= 4 is 23.3 Å². The predicted molar refractivity (Wildman–Crippen MR) is 135 cm³/mol. The van der Waals surface area contributed by atoms with Crippen LogP contribution in [0, 0.1) is 19.3 Å². The van der Waals surface area contributed by atoms with Gasteiger partial charge in [0.25, 0.3) is 0 Å². The van der Waals surface area contributed by atoms with E-state index in [1.807, 2.05) is 42.6 Å². The Morgan fingerprint density at radius 3 is 2.58 bits per heavy atom. The number of nitrogens with zero attached hydrogens (tertiary/aromatic N) is 4. The smallest absolute Gasteiger partial charge is 0.374 e. The first-order valence-corrected chi connectivity index (χ1v) is 11.7. The van der Waals surface area contributed by atoms with E-state index in [9.17, 15) is 9.90 Å². The first kappa shape index (κ1) is 23.3. The third kappa shape index (κ3) is 4.97. The minimum absolute atomic E-state index is 0.0124. The van der Waals surface area contributed by atoms with Gasteiger partial charge < -0.3 is 25.3 Å². The maximum absolute atomic E-state index is 11.6. The van der Waals surface area contributed by atoms with Crippen molar-refractivity contribution in [3.63, 3.8) is 0 Å². The Kier molecular flexibility index (Phi) is 6.01. The SMILES string of the molecule is Cc1cc(C(=N)N)cc(C)c1CNc1cc(OCc2cn3cc(C4CC4)ccc3n2)nc(C(=O)O)n1. The third-order valence-electron chi connectivity index (χ3n) is 6.29. The van der Waals surface area contributed by atoms with Crippen molar-refractivity contribution in [2.45, 2.75) is 45.8 Å². The zero-order chi connectivity index (χ0) is 25.4. The Morgan fingerprint density at radius 2 is 1.92 bits per heavy atom. The number of carboxylic acid groups (broad SMARTS) is 1. The highest BCUT2D eigenvalue weighted by atomic mass is 16.5. The number of carboxylic acids is 1. The lowest BCUT2D eigenvalue weighted by Crippen LogP contribution is -2.14.